The number of hydrogen-bond acceptors (Lipinski definition) is 2. The van der Waals surface area contributed by atoms with Crippen LogP contribution in [-0.2, 0) is 6.54 Å². The van der Waals surface area contributed by atoms with Crippen molar-refractivity contribution in [2.75, 3.05) is 26.2 Å². The minimum Gasteiger partial charge on any atom is -0.336 e. The smallest absolute Gasteiger partial charge is 0.254 e. The van der Waals surface area contributed by atoms with Crippen molar-refractivity contribution in [3.8, 4) is 0 Å². The molecular formula is C18H18F2N2O. The van der Waals surface area contributed by atoms with Gasteiger partial charge >= 0.3 is 0 Å². The number of rotatable bonds is 3. The quantitative estimate of drug-likeness (QED) is 0.869. The van der Waals surface area contributed by atoms with Crippen LogP contribution < -0.4 is 0 Å². The van der Waals surface area contributed by atoms with Gasteiger partial charge in [0.2, 0.25) is 0 Å². The largest absolute Gasteiger partial charge is 0.336 e. The summed E-state index contributed by atoms with van der Waals surface area (Å²) in [6, 6.07) is 12.5. The van der Waals surface area contributed by atoms with E-state index in [0.29, 0.717) is 43.9 Å². The van der Waals surface area contributed by atoms with E-state index in [1.165, 1.54) is 24.3 Å². The first-order valence-electron chi connectivity index (χ1n) is 7.64. The zero-order chi connectivity index (χ0) is 16.2. The summed E-state index contributed by atoms with van der Waals surface area (Å²) in [5.74, 6) is -0.769. The lowest BCUT2D eigenvalue weighted by atomic mass is 10.1. The first kappa shape index (κ1) is 15.6. The average molecular weight is 316 g/mol. The first-order valence-corrected chi connectivity index (χ1v) is 7.64. The van der Waals surface area contributed by atoms with Crippen LogP contribution in [0.4, 0.5) is 8.78 Å². The van der Waals surface area contributed by atoms with Crippen molar-refractivity contribution in [1.29, 1.82) is 0 Å². The van der Waals surface area contributed by atoms with Gasteiger partial charge in [0.15, 0.2) is 0 Å². The molecule has 0 aromatic heterocycles. The summed E-state index contributed by atoms with van der Waals surface area (Å²) in [6.07, 6.45) is 0. The molecule has 1 heterocycles. The van der Waals surface area contributed by atoms with E-state index in [1.807, 2.05) is 6.07 Å². The van der Waals surface area contributed by atoms with Gasteiger partial charge in [0.25, 0.3) is 5.91 Å². The Morgan fingerprint density at radius 1 is 0.957 bits per heavy atom. The molecule has 1 aliphatic heterocycles. The highest BCUT2D eigenvalue weighted by molar-refractivity contribution is 5.94. The summed E-state index contributed by atoms with van der Waals surface area (Å²) in [4.78, 5) is 16.2. The molecule has 1 fully saturated rings. The fourth-order valence-corrected chi connectivity index (χ4v) is 2.78. The topological polar surface area (TPSA) is 23.6 Å². The van der Waals surface area contributed by atoms with E-state index in [-0.39, 0.29) is 11.7 Å². The minimum absolute atomic E-state index is 0.157. The van der Waals surface area contributed by atoms with E-state index in [2.05, 4.69) is 4.90 Å². The van der Waals surface area contributed by atoms with Crippen LogP contribution >= 0.6 is 0 Å². The third-order valence-corrected chi connectivity index (χ3v) is 4.08. The molecule has 3 nitrogen and oxygen atoms in total. The number of piperazine rings is 1. The summed E-state index contributed by atoms with van der Waals surface area (Å²) in [6.45, 7) is 3.01. The molecule has 2 aromatic carbocycles. The van der Waals surface area contributed by atoms with Crippen molar-refractivity contribution in [2.24, 2.45) is 0 Å². The Hall–Kier alpha value is -2.27. The predicted molar refractivity (Wildman–Crippen MR) is 84.0 cm³/mol. The van der Waals surface area contributed by atoms with Gasteiger partial charge in [-0.3, -0.25) is 9.69 Å². The van der Waals surface area contributed by atoms with E-state index in [1.54, 1.807) is 23.1 Å². The van der Waals surface area contributed by atoms with Gasteiger partial charge in [-0.2, -0.15) is 0 Å². The number of halogens is 2. The zero-order valence-electron chi connectivity index (χ0n) is 12.7. The number of carbonyl (C=O) groups is 1. The second-order valence-corrected chi connectivity index (χ2v) is 5.67. The Kier molecular flexibility index (Phi) is 4.67. The fourth-order valence-electron chi connectivity index (χ4n) is 2.78. The molecule has 1 saturated heterocycles. The summed E-state index contributed by atoms with van der Waals surface area (Å²) in [5, 5.41) is 0. The maximum absolute atomic E-state index is 13.7. The Morgan fingerprint density at radius 2 is 1.70 bits per heavy atom. The van der Waals surface area contributed by atoms with Crippen molar-refractivity contribution in [3.63, 3.8) is 0 Å². The van der Waals surface area contributed by atoms with E-state index in [0.717, 1.165) is 0 Å². The van der Waals surface area contributed by atoms with Crippen molar-refractivity contribution in [1.82, 2.24) is 9.80 Å². The van der Waals surface area contributed by atoms with E-state index in [4.69, 9.17) is 0 Å². The Morgan fingerprint density at radius 3 is 2.39 bits per heavy atom. The monoisotopic (exact) mass is 316 g/mol. The molecular weight excluding hydrogens is 298 g/mol. The molecule has 0 aliphatic carbocycles. The van der Waals surface area contributed by atoms with Crippen LogP contribution in [0.1, 0.15) is 15.9 Å². The highest BCUT2D eigenvalue weighted by Gasteiger charge is 2.22. The zero-order valence-corrected chi connectivity index (χ0v) is 12.7. The standard InChI is InChI=1S/C18H18F2N2O/c19-16-6-3-5-14(12-16)18(23)22-10-8-21(9-11-22)13-15-4-1-2-7-17(15)20/h1-7,12H,8-11,13H2. The third kappa shape index (κ3) is 3.74. The Labute approximate surface area is 134 Å². The average Bonchev–Trinajstić information content (AvgIpc) is 2.57. The highest BCUT2D eigenvalue weighted by atomic mass is 19.1. The normalized spacial score (nSPS) is 15.7. The Bertz CT molecular complexity index is 697. The van der Waals surface area contributed by atoms with Crippen molar-refractivity contribution in [3.05, 3.63) is 71.3 Å². The molecule has 0 saturated carbocycles. The second-order valence-electron chi connectivity index (χ2n) is 5.67. The number of hydrogen-bond donors (Lipinski definition) is 0. The molecule has 0 unspecified atom stereocenters. The number of amides is 1. The molecule has 0 atom stereocenters. The van der Waals surface area contributed by atoms with Crippen LogP contribution in [0.3, 0.4) is 0 Å². The van der Waals surface area contributed by atoms with Gasteiger partial charge < -0.3 is 4.90 Å². The minimum atomic E-state index is -0.408. The maximum Gasteiger partial charge on any atom is 0.254 e. The van der Waals surface area contributed by atoms with Gasteiger partial charge in [0, 0.05) is 43.9 Å². The van der Waals surface area contributed by atoms with Crippen LogP contribution in [0.5, 0.6) is 0 Å². The molecule has 0 bridgehead atoms. The van der Waals surface area contributed by atoms with Crippen LogP contribution in [0.15, 0.2) is 48.5 Å². The van der Waals surface area contributed by atoms with E-state index in [9.17, 15) is 13.6 Å². The van der Waals surface area contributed by atoms with Crippen LogP contribution in [0.2, 0.25) is 0 Å². The Balaban J connectivity index is 1.58. The lowest BCUT2D eigenvalue weighted by Gasteiger charge is -2.34. The van der Waals surface area contributed by atoms with Gasteiger partial charge in [0.1, 0.15) is 11.6 Å². The number of benzene rings is 2. The summed E-state index contributed by atoms with van der Waals surface area (Å²) < 4.78 is 26.9. The van der Waals surface area contributed by atoms with Crippen LogP contribution in [0, 0.1) is 11.6 Å². The predicted octanol–water partition coefficient (Wildman–Crippen LogP) is 2.92. The molecule has 0 N–H and O–H groups in total. The molecule has 120 valence electrons. The molecule has 2 aromatic rings. The molecule has 5 heteroatoms. The summed E-state index contributed by atoms with van der Waals surface area (Å²) in [7, 11) is 0. The SMILES string of the molecule is O=C(c1cccc(F)c1)N1CCN(Cc2ccccc2F)CC1. The highest BCUT2D eigenvalue weighted by Crippen LogP contribution is 2.14. The van der Waals surface area contributed by atoms with Gasteiger partial charge in [-0.05, 0) is 24.3 Å². The second kappa shape index (κ2) is 6.87. The lowest BCUT2D eigenvalue weighted by molar-refractivity contribution is 0.0626. The van der Waals surface area contributed by atoms with Crippen molar-refractivity contribution in [2.45, 2.75) is 6.54 Å². The number of carbonyl (C=O) groups excluding carboxylic acids is 1. The first-order chi connectivity index (χ1) is 11.1. The van der Waals surface area contributed by atoms with Gasteiger partial charge in [-0.15, -0.1) is 0 Å². The summed E-state index contributed by atoms with van der Waals surface area (Å²) >= 11 is 0. The van der Waals surface area contributed by atoms with Crippen molar-refractivity contribution < 1.29 is 13.6 Å². The van der Waals surface area contributed by atoms with E-state index < -0.39 is 5.82 Å². The maximum atomic E-state index is 13.7. The van der Waals surface area contributed by atoms with Gasteiger partial charge in [0.05, 0.1) is 0 Å². The van der Waals surface area contributed by atoms with Crippen molar-refractivity contribution >= 4 is 5.91 Å². The lowest BCUT2D eigenvalue weighted by Crippen LogP contribution is -2.48. The van der Waals surface area contributed by atoms with E-state index >= 15 is 0 Å². The van der Waals surface area contributed by atoms with Crippen LogP contribution in [0.25, 0.3) is 0 Å². The molecule has 1 aliphatic rings. The molecule has 1 amide bonds. The van der Waals surface area contributed by atoms with Gasteiger partial charge in [-0.1, -0.05) is 24.3 Å². The molecule has 0 spiro atoms. The molecule has 3 rings (SSSR count). The third-order valence-electron chi connectivity index (χ3n) is 4.08. The van der Waals surface area contributed by atoms with Gasteiger partial charge in [-0.25, -0.2) is 8.78 Å². The number of nitrogens with zero attached hydrogens (tertiary/aromatic N) is 2. The molecule has 23 heavy (non-hydrogen) atoms. The molecule has 0 radical (unpaired) electrons. The van der Waals surface area contributed by atoms with Crippen LogP contribution in [-0.4, -0.2) is 41.9 Å². The summed E-state index contributed by atoms with van der Waals surface area (Å²) in [5.41, 5.74) is 1.03. The fraction of sp³-hybridized carbons (Fsp3) is 0.278.